The maximum Gasteiger partial charge on any atom is 0.276 e. The minimum Gasteiger partial charge on any atom is -0.381 e. The number of imidazole rings is 2. The summed E-state index contributed by atoms with van der Waals surface area (Å²) in [5.41, 5.74) is 4.52. The van der Waals surface area contributed by atoms with E-state index in [1.54, 1.807) is 52.1 Å². The predicted octanol–water partition coefficient (Wildman–Crippen LogP) is 4.57. The minimum atomic E-state index is -0.119. The molecule has 10 heterocycles. The van der Waals surface area contributed by atoms with Gasteiger partial charge in [0.2, 0.25) is 0 Å². The van der Waals surface area contributed by atoms with Crippen LogP contribution in [0.3, 0.4) is 0 Å². The Bertz CT molecular complexity index is 3140. The first-order chi connectivity index (χ1) is 32.8. The van der Waals surface area contributed by atoms with E-state index in [4.69, 9.17) is 19.7 Å². The highest BCUT2D eigenvalue weighted by molar-refractivity contribution is 5.86. The molecule has 19 nitrogen and oxygen atoms in total. The van der Waals surface area contributed by atoms with E-state index in [0.29, 0.717) is 34.4 Å². The summed E-state index contributed by atoms with van der Waals surface area (Å²) in [6.07, 6.45) is 14.4. The molecule has 6 aromatic heterocycles. The van der Waals surface area contributed by atoms with E-state index >= 15 is 0 Å². The van der Waals surface area contributed by atoms with E-state index in [1.807, 2.05) is 12.3 Å². The number of ether oxygens (including phenoxy) is 2. The average Bonchev–Trinajstić information content (AvgIpc) is 4.19. The highest BCUT2D eigenvalue weighted by Crippen LogP contribution is 2.33. The van der Waals surface area contributed by atoms with Gasteiger partial charge in [-0.2, -0.15) is 10.2 Å². The summed E-state index contributed by atoms with van der Waals surface area (Å²) < 4.78 is 14.5. The third kappa shape index (κ3) is 9.49. The van der Waals surface area contributed by atoms with E-state index in [-0.39, 0.29) is 28.9 Å². The topological polar surface area (TPSA) is 228 Å². The summed E-state index contributed by atoms with van der Waals surface area (Å²) in [7, 11) is 0. The molecule has 8 aromatic rings. The monoisotopic (exact) mass is 906 g/mol. The molecule has 4 fully saturated rings. The molecule has 346 valence electrons. The number of likely N-dealkylation sites (tertiary alicyclic amines) is 1. The molecule has 0 spiro atoms. The van der Waals surface area contributed by atoms with Crippen LogP contribution in [-0.2, 0) is 16.0 Å². The van der Waals surface area contributed by atoms with Crippen molar-refractivity contribution in [3.05, 3.63) is 129 Å². The van der Waals surface area contributed by atoms with Crippen LogP contribution in [0.4, 0.5) is 0 Å². The number of carbonyl (C=O) groups excluding carboxylic acids is 1. The number of rotatable bonds is 7. The van der Waals surface area contributed by atoms with Gasteiger partial charge in [0.1, 0.15) is 42.2 Å². The zero-order chi connectivity index (χ0) is 45.9. The van der Waals surface area contributed by atoms with Gasteiger partial charge < -0.3 is 24.8 Å². The Hall–Kier alpha value is -6.67. The van der Waals surface area contributed by atoms with Crippen molar-refractivity contribution in [1.82, 2.24) is 69.3 Å². The Morgan fingerprint density at radius 1 is 0.657 bits per heavy atom. The molecule has 0 bridgehead atoms. The molecule has 4 atom stereocenters. The number of aldehydes is 1. The predicted molar refractivity (Wildman–Crippen MR) is 249 cm³/mol. The fraction of sp³-hybridized carbons (Fsp3) is 0.438. The van der Waals surface area contributed by atoms with E-state index in [2.05, 4.69) is 76.1 Å². The molecular formula is C48H54N14O5. The van der Waals surface area contributed by atoms with Gasteiger partial charge >= 0.3 is 0 Å². The first-order valence-electron chi connectivity index (χ1n) is 23.2. The lowest BCUT2D eigenvalue weighted by atomic mass is 9.97. The molecule has 2 aromatic carbocycles. The smallest absolute Gasteiger partial charge is 0.276 e. The van der Waals surface area contributed by atoms with Gasteiger partial charge in [0.15, 0.2) is 11.0 Å². The van der Waals surface area contributed by atoms with Crippen LogP contribution in [-0.4, -0.2) is 123 Å². The fourth-order valence-electron chi connectivity index (χ4n) is 9.86. The van der Waals surface area contributed by atoms with Crippen LogP contribution in [0.25, 0.3) is 32.8 Å². The number of H-pyrrole nitrogens is 2. The summed E-state index contributed by atoms with van der Waals surface area (Å²) in [5.74, 6) is 5.14. The summed E-state index contributed by atoms with van der Waals surface area (Å²) in [6.45, 7) is 11.8. The van der Waals surface area contributed by atoms with E-state index in [0.717, 1.165) is 136 Å². The first kappa shape index (κ1) is 44.2. The quantitative estimate of drug-likeness (QED) is 0.186. The second-order valence-corrected chi connectivity index (χ2v) is 18.2. The normalized spacial score (nSPS) is 21.6. The molecule has 4 saturated heterocycles. The molecule has 0 radical (unpaired) electrons. The fourth-order valence-corrected chi connectivity index (χ4v) is 9.86. The molecule has 4 aliphatic rings. The number of nitrogens with zero attached hydrogens (tertiary/aromatic N) is 11. The number of aromatic nitrogens is 12. The molecular weight excluding hydrogens is 853 g/mol. The summed E-state index contributed by atoms with van der Waals surface area (Å²) in [5, 5.41) is 14.9. The molecule has 67 heavy (non-hydrogen) atoms. The summed E-state index contributed by atoms with van der Waals surface area (Å²) >= 11 is 0. The molecule has 0 aliphatic carbocycles. The van der Waals surface area contributed by atoms with Crippen LogP contribution in [0.2, 0.25) is 0 Å². The minimum absolute atomic E-state index is 0.102. The Kier molecular flexibility index (Phi) is 13.0. The molecule has 3 N–H and O–H groups in total. The van der Waals surface area contributed by atoms with Gasteiger partial charge in [0.05, 0.1) is 23.4 Å². The number of nitrogens with one attached hydrogen (secondary N) is 3. The molecule has 0 saturated carbocycles. The van der Waals surface area contributed by atoms with Crippen molar-refractivity contribution in [2.24, 2.45) is 11.8 Å². The standard InChI is InChI=1S/C24H27N7O2.C15H21N5O2.C9H6N2O/c1-15-11-30(12-16-2-3-20-18(8-16)9-25-14-27-20)13-19(15)22-28-24(32)21-10-26-23(31(21)29-22)17-4-6-33-7-5-17;1-9-6-16-7-11(9)13-18-15(21)12-8-17-14(20(12)19-13)10-2-4-22-5-3-10;12-5-7-1-2-9-8(3-7)4-10-6-11-9/h2-3,8-10,14-15,17,19H,4-7,11-13H2,1H3,(H,28,29,32);8-11,16H,2-7H2,1H3,(H,18,19,21);1-6H. The Labute approximate surface area is 384 Å². The molecule has 19 heteroatoms. The van der Waals surface area contributed by atoms with Crippen LogP contribution >= 0.6 is 0 Å². The van der Waals surface area contributed by atoms with Gasteiger partial charge in [-0.15, -0.1) is 0 Å². The number of carbonyl (C=O) groups is 1. The molecule has 0 amide bonds. The Morgan fingerprint density at radius 3 is 1.79 bits per heavy atom. The van der Waals surface area contributed by atoms with Crippen LogP contribution < -0.4 is 16.4 Å². The SMILES string of the molecule is CC1CN(Cc2ccc3ncncc3c2)CC1c1nn2c(C3CCOCC3)ncc2c(=O)[nH]1.CC1CNCC1c1nn2c(C3CCOCC3)ncc2c(=O)[nH]1.O=Cc1ccc2ncncc2c1. The van der Waals surface area contributed by atoms with Crippen molar-refractivity contribution in [2.75, 3.05) is 52.6 Å². The lowest BCUT2D eigenvalue weighted by molar-refractivity contribution is 0.0831. The van der Waals surface area contributed by atoms with Crippen molar-refractivity contribution < 1.29 is 14.3 Å². The summed E-state index contributed by atoms with van der Waals surface area (Å²) in [6, 6.07) is 11.6. The van der Waals surface area contributed by atoms with Crippen LogP contribution in [0.1, 0.15) is 102 Å². The second-order valence-electron chi connectivity index (χ2n) is 18.2. The van der Waals surface area contributed by atoms with Gasteiger partial charge in [0, 0.05) is 105 Å². The van der Waals surface area contributed by atoms with Crippen LogP contribution in [0, 0.1) is 11.8 Å². The van der Waals surface area contributed by atoms with E-state index in [9.17, 15) is 14.4 Å². The molecule has 4 aliphatic heterocycles. The molecule has 4 unspecified atom stereocenters. The Balaban J connectivity index is 0.000000132. The number of hydrogen-bond donors (Lipinski definition) is 3. The largest absolute Gasteiger partial charge is 0.381 e. The van der Waals surface area contributed by atoms with Crippen molar-refractivity contribution >= 4 is 39.1 Å². The third-order valence-corrected chi connectivity index (χ3v) is 13.6. The van der Waals surface area contributed by atoms with E-state index < -0.39 is 0 Å². The van der Waals surface area contributed by atoms with Crippen molar-refractivity contribution in [2.45, 2.75) is 69.7 Å². The average molecular weight is 907 g/mol. The van der Waals surface area contributed by atoms with Crippen molar-refractivity contribution in [1.29, 1.82) is 0 Å². The zero-order valence-electron chi connectivity index (χ0n) is 37.6. The Morgan fingerprint density at radius 2 is 1.22 bits per heavy atom. The number of hydrogen-bond acceptors (Lipinski definition) is 15. The van der Waals surface area contributed by atoms with Gasteiger partial charge in [0.25, 0.3) is 11.1 Å². The highest BCUT2D eigenvalue weighted by atomic mass is 16.5. The maximum absolute atomic E-state index is 12.8. The number of fused-ring (bicyclic) bond motifs is 4. The van der Waals surface area contributed by atoms with Crippen molar-refractivity contribution in [3.63, 3.8) is 0 Å². The van der Waals surface area contributed by atoms with Crippen LogP contribution in [0.15, 0.2) is 83.4 Å². The van der Waals surface area contributed by atoms with Gasteiger partial charge in [-0.25, -0.2) is 38.9 Å². The van der Waals surface area contributed by atoms with Gasteiger partial charge in [-0.05, 0) is 80.0 Å². The second kappa shape index (κ2) is 19.7. The molecule has 12 rings (SSSR count). The van der Waals surface area contributed by atoms with Gasteiger partial charge in [-0.3, -0.25) is 19.3 Å². The number of benzene rings is 2. The van der Waals surface area contributed by atoms with Crippen molar-refractivity contribution in [3.8, 4) is 0 Å². The lowest BCUT2D eigenvalue weighted by Gasteiger charge is -2.21. The number of aromatic amines is 2. The lowest BCUT2D eigenvalue weighted by Crippen LogP contribution is -2.24. The first-order valence-corrected chi connectivity index (χ1v) is 23.2. The van der Waals surface area contributed by atoms with Gasteiger partial charge in [-0.1, -0.05) is 19.9 Å². The van der Waals surface area contributed by atoms with Crippen LogP contribution in [0.5, 0.6) is 0 Å². The van der Waals surface area contributed by atoms with E-state index in [1.165, 1.54) is 11.9 Å². The third-order valence-electron chi connectivity index (χ3n) is 13.6. The summed E-state index contributed by atoms with van der Waals surface area (Å²) in [4.78, 5) is 69.4. The zero-order valence-corrected chi connectivity index (χ0v) is 37.6. The highest BCUT2D eigenvalue weighted by Gasteiger charge is 2.34. The maximum atomic E-state index is 12.8.